The number of hydrogen-bond donors (Lipinski definition) is 3. The van der Waals surface area contributed by atoms with Gasteiger partial charge in [0.15, 0.2) is 0 Å². The first kappa shape index (κ1) is 26.5. The molecule has 1 heterocycles. The molecule has 0 radical (unpaired) electrons. The summed E-state index contributed by atoms with van der Waals surface area (Å²) < 4.78 is 32.7. The summed E-state index contributed by atoms with van der Waals surface area (Å²) in [5.41, 5.74) is -0.671. The number of nitrogens with zero attached hydrogens (tertiary/aromatic N) is 1. The molecule has 198 valence electrons. The Morgan fingerprint density at radius 1 is 0.973 bits per heavy atom. The van der Waals surface area contributed by atoms with E-state index >= 15 is 0 Å². The third kappa shape index (κ3) is 6.81. The molecule has 1 aromatic heterocycles. The first-order chi connectivity index (χ1) is 17.7. The molecule has 0 unspecified atom stereocenters. The molecule has 1 aromatic carbocycles. The van der Waals surface area contributed by atoms with Crippen molar-refractivity contribution in [2.75, 3.05) is 0 Å². The number of benzene rings is 1. The lowest BCUT2D eigenvalue weighted by Crippen LogP contribution is -2.48. The first-order valence-corrected chi connectivity index (χ1v) is 12.7. The van der Waals surface area contributed by atoms with Crippen molar-refractivity contribution in [2.24, 2.45) is 5.41 Å². The highest BCUT2D eigenvalue weighted by Crippen LogP contribution is 2.42. The van der Waals surface area contributed by atoms with Crippen LogP contribution in [0.15, 0.2) is 36.5 Å². The van der Waals surface area contributed by atoms with Crippen LogP contribution in [0.1, 0.15) is 74.6 Å². The van der Waals surface area contributed by atoms with Crippen LogP contribution in [0.3, 0.4) is 0 Å². The molecule has 0 spiro atoms. The summed E-state index contributed by atoms with van der Waals surface area (Å²) in [5, 5.41) is 15.1. The Morgan fingerprint density at radius 3 is 2.22 bits per heavy atom. The van der Waals surface area contributed by atoms with Crippen LogP contribution in [0.2, 0.25) is 0 Å². The van der Waals surface area contributed by atoms with Gasteiger partial charge in [0.1, 0.15) is 22.9 Å². The second-order valence-electron chi connectivity index (χ2n) is 9.94. The molecule has 2 aliphatic rings. The summed E-state index contributed by atoms with van der Waals surface area (Å²) >= 11 is 0. The van der Waals surface area contributed by atoms with Crippen molar-refractivity contribution in [3.63, 3.8) is 0 Å². The van der Waals surface area contributed by atoms with E-state index in [2.05, 4.69) is 15.6 Å². The number of carboxylic acid groups (broad SMARTS) is 1. The van der Waals surface area contributed by atoms with Gasteiger partial charge in [0.25, 0.3) is 5.91 Å². The molecule has 4 rings (SSSR count). The highest BCUT2D eigenvalue weighted by molar-refractivity contribution is 5.96. The van der Waals surface area contributed by atoms with E-state index in [1.165, 1.54) is 24.3 Å². The molecule has 0 atom stereocenters. The van der Waals surface area contributed by atoms with Crippen LogP contribution in [0.4, 0.5) is 8.78 Å². The molecule has 2 amide bonds. The van der Waals surface area contributed by atoms with Gasteiger partial charge in [-0.2, -0.15) is 0 Å². The van der Waals surface area contributed by atoms with Crippen LogP contribution in [0.5, 0.6) is 11.6 Å². The zero-order valence-corrected chi connectivity index (χ0v) is 20.5. The number of pyridine rings is 1. The van der Waals surface area contributed by atoms with E-state index in [4.69, 9.17) is 9.84 Å². The molecule has 0 saturated heterocycles. The van der Waals surface area contributed by atoms with E-state index in [1.807, 2.05) is 0 Å². The summed E-state index contributed by atoms with van der Waals surface area (Å²) in [6.07, 6.45) is 7.10. The van der Waals surface area contributed by atoms with Gasteiger partial charge in [-0.3, -0.25) is 14.4 Å². The zero-order valence-electron chi connectivity index (χ0n) is 20.5. The Labute approximate surface area is 213 Å². The highest BCUT2D eigenvalue weighted by Gasteiger charge is 2.42. The second-order valence-corrected chi connectivity index (χ2v) is 9.94. The number of carboxylic acids is 1. The van der Waals surface area contributed by atoms with Crippen LogP contribution >= 0.6 is 0 Å². The van der Waals surface area contributed by atoms with Crippen LogP contribution < -0.4 is 15.4 Å². The predicted octanol–water partition coefficient (Wildman–Crippen LogP) is 4.73. The van der Waals surface area contributed by atoms with Gasteiger partial charge < -0.3 is 20.5 Å². The minimum absolute atomic E-state index is 0.0198. The Morgan fingerprint density at radius 2 is 1.59 bits per heavy atom. The minimum Gasteiger partial charge on any atom is -0.481 e. The number of carbonyl (C=O) groups is 3. The summed E-state index contributed by atoms with van der Waals surface area (Å²) in [6, 6.07) is 6.01. The third-order valence-electron chi connectivity index (χ3n) is 7.35. The van der Waals surface area contributed by atoms with Gasteiger partial charge in [0, 0.05) is 23.9 Å². The number of hydrogen-bond acceptors (Lipinski definition) is 5. The Bertz CT molecular complexity index is 1130. The number of carbonyl (C=O) groups excluding carboxylic acids is 2. The van der Waals surface area contributed by atoms with Crippen molar-refractivity contribution in [1.29, 1.82) is 0 Å². The number of rotatable bonds is 9. The number of nitrogens with one attached hydrogen (secondary N) is 2. The SMILES string of the molecule is O=C(O)CCC1(C(=O)NC2CCC(NC(=O)c3cc(F)cnc3Oc3ccc(F)cc3)CC2)CCCC1. The fourth-order valence-electron chi connectivity index (χ4n) is 5.26. The average molecular weight is 516 g/mol. The first-order valence-electron chi connectivity index (χ1n) is 12.7. The summed E-state index contributed by atoms with van der Waals surface area (Å²) in [7, 11) is 0. The minimum atomic E-state index is -0.893. The van der Waals surface area contributed by atoms with Gasteiger partial charge >= 0.3 is 5.97 Å². The van der Waals surface area contributed by atoms with E-state index in [9.17, 15) is 23.2 Å². The maximum absolute atomic E-state index is 13.9. The standard InChI is InChI=1S/C27H31F2N3O5/c28-17-3-9-21(10-4-17)37-25-22(15-18(29)16-30-25)24(35)31-19-5-7-20(8-6-19)32-26(36)27(12-1-2-13-27)14-11-23(33)34/h3-4,9-10,15-16,19-20H,1-2,5-8,11-14H2,(H,31,35)(H,32,36)(H,33,34). The molecular weight excluding hydrogens is 484 g/mol. The summed E-state index contributed by atoms with van der Waals surface area (Å²) in [4.78, 5) is 41.0. The third-order valence-corrected chi connectivity index (χ3v) is 7.35. The van der Waals surface area contributed by atoms with E-state index in [0.29, 0.717) is 44.9 Å². The summed E-state index contributed by atoms with van der Waals surface area (Å²) in [5.74, 6) is -2.45. The molecule has 2 aliphatic carbocycles. The lowest BCUT2D eigenvalue weighted by Gasteiger charge is -2.34. The van der Waals surface area contributed by atoms with E-state index in [0.717, 1.165) is 25.1 Å². The Kier molecular flexibility index (Phi) is 8.35. The number of halogens is 2. The van der Waals surface area contributed by atoms with Crippen molar-refractivity contribution >= 4 is 17.8 Å². The molecule has 0 aliphatic heterocycles. The zero-order chi connectivity index (χ0) is 26.4. The average Bonchev–Trinajstić information content (AvgIpc) is 3.37. The van der Waals surface area contributed by atoms with E-state index in [-0.39, 0.29) is 41.6 Å². The van der Waals surface area contributed by atoms with Crippen LogP contribution in [0.25, 0.3) is 0 Å². The monoisotopic (exact) mass is 515 g/mol. The fourth-order valence-corrected chi connectivity index (χ4v) is 5.26. The number of aromatic nitrogens is 1. The van der Waals surface area contributed by atoms with Gasteiger partial charge in [-0.15, -0.1) is 0 Å². The topological polar surface area (TPSA) is 118 Å². The number of ether oxygens (including phenoxy) is 1. The molecule has 10 heteroatoms. The molecule has 3 N–H and O–H groups in total. The van der Waals surface area contributed by atoms with Crippen molar-refractivity contribution < 1.29 is 33.0 Å². The number of amides is 2. The van der Waals surface area contributed by atoms with Gasteiger partial charge in [0.05, 0.1) is 6.20 Å². The smallest absolute Gasteiger partial charge is 0.303 e. The van der Waals surface area contributed by atoms with Crippen molar-refractivity contribution in [3.8, 4) is 11.6 Å². The normalized spacial score (nSPS) is 20.7. The maximum Gasteiger partial charge on any atom is 0.303 e. The van der Waals surface area contributed by atoms with Crippen LogP contribution in [-0.4, -0.2) is 40.0 Å². The lowest BCUT2D eigenvalue weighted by molar-refractivity contribution is -0.139. The van der Waals surface area contributed by atoms with Gasteiger partial charge in [0.2, 0.25) is 11.8 Å². The maximum atomic E-state index is 13.9. The van der Waals surface area contributed by atoms with Crippen molar-refractivity contribution in [1.82, 2.24) is 15.6 Å². The van der Waals surface area contributed by atoms with Gasteiger partial charge in [-0.05, 0) is 75.3 Å². The van der Waals surface area contributed by atoms with Crippen LogP contribution in [-0.2, 0) is 9.59 Å². The second kappa shape index (κ2) is 11.7. The predicted molar refractivity (Wildman–Crippen MR) is 130 cm³/mol. The molecule has 2 saturated carbocycles. The highest BCUT2D eigenvalue weighted by atomic mass is 19.1. The summed E-state index contributed by atoms with van der Waals surface area (Å²) in [6.45, 7) is 0. The lowest BCUT2D eigenvalue weighted by atomic mass is 9.79. The molecule has 2 fully saturated rings. The molecule has 8 nitrogen and oxygen atoms in total. The Hall–Kier alpha value is -3.56. The quantitative estimate of drug-likeness (QED) is 0.444. The molecule has 0 bridgehead atoms. The van der Waals surface area contributed by atoms with E-state index in [1.54, 1.807) is 0 Å². The molecule has 2 aromatic rings. The van der Waals surface area contributed by atoms with E-state index < -0.39 is 28.9 Å². The van der Waals surface area contributed by atoms with Gasteiger partial charge in [-0.1, -0.05) is 12.8 Å². The fraction of sp³-hybridized carbons (Fsp3) is 0.481. The Balaban J connectivity index is 1.32. The van der Waals surface area contributed by atoms with Gasteiger partial charge in [-0.25, -0.2) is 13.8 Å². The number of aliphatic carboxylic acids is 1. The van der Waals surface area contributed by atoms with Crippen molar-refractivity contribution in [2.45, 2.75) is 76.3 Å². The largest absolute Gasteiger partial charge is 0.481 e. The van der Waals surface area contributed by atoms with Crippen molar-refractivity contribution in [3.05, 3.63) is 53.7 Å². The molecular formula is C27H31F2N3O5. The molecule has 37 heavy (non-hydrogen) atoms. The van der Waals surface area contributed by atoms with Crippen LogP contribution in [0, 0.1) is 17.0 Å².